The van der Waals surface area contributed by atoms with Crippen LogP contribution in [0.3, 0.4) is 0 Å². The quantitative estimate of drug-likeness (QED) is 0.857. The lowest BCUT2D eigenvalue weighted by Crippen LogP contribution is -2.34. The normalized spacial score (nSPS) is 29.5. The van der Waals surface area contributed by atoms with E-state index in [0.29, 0.717) is 23.4 Å². The summed E-state index contributed by atoms with van der Waals surface area (Å²) in [5.41, 5.74) is 0.418. The van der Waals surface area contributed by atoms with Gasteiger partial charge in [-0.25, -0.2) is 8.78 Å². The molecule has 4 atom stereocenters. The Balaban J connectivity index is 2.08. The van der Waals surface area contributed by atoms with Crippen molar-refractivity contribution in [3.8, 4) is 0 Å². The molecule has 1 aromatic carbocycles. The Bertz CT molecular complexity index is 419. The van der Waals surface area contributed by atoms with Crippen LogP contribution in [-0.2, 0) is 0 Å². The van der Waals surface area contributed by atoms with Gasteiger partial charge < -0.3 is 5.32 Å². The van der Waals surface area contributed by atoms with E-state index in [0.717, 1.165) is 12.5 Å². The molecule has 0 saturated heterocycles. The molecular formula is C15H21F2N. The Kier molecular flexibility index (Phi) is 4.00. The minimum absolute atomic E-state index is 0.154. The summed E-state index contributed by atoms with van der Waals surface area (Å²) in [6, 6.07) is 4.62. The molecule has 0 aliphatic heterocycles. The van der Waals surface area contributed by atoms with Crippen molar-refractivity contribution in [2.75, 3.05) is 0 Å². The first kappa shape index (κ1) is 13.5. The molecule has 1 aromatic rings. The van der Waals surface area contributed by atoms with Crippen LogP contribution in [0.4, 0.5) is 8.78 Å². The first-order valence-electron chi connectivity index (χ1n) is 6.70. The van der Waals surface area contributed by atoms with Gasteiger partial charge in [-0.1, -0.05) is 26.0 Å². The van der Waals surface area contributed by atoms with E-state index in [-0.39, 0.29) is 6.04 Å². The highest BCUT2D eigenvalue weighted by molar-refractivity contribution is 5.22. The summed E-state index contributed by atoms with van der Waals surface area (Å²) in [4.78, 5) is 0. The molecule has 1 aliphatic carbocycles. The van der Waals surface area contributed by atoms with E-state index in [2.05, 4.69) is 19.2 Å². The van der Waals surface area contributed by atoms with Crippen LogP contribution in [0, 0.1) is 23.5 Å². The van der Waals surface area contributed by atoms with E-state index >= 15 is 0 Å². The van der Waals surface area contributed by atoms with Crippen LogP contribution in [-0.4, -0.2) is 6.04 Å². The van der Waals surface area contributed by atoms with Gasteiger partial charge in [0.25, 0.3) is 0 Å². The molecule has 2 rings (SSSR count). The fourth-order valence-electron chi connectivity index (χ4n) is 2.87. The summed E-state index contributed by atoms with van der Waals surface area (Å²) in [6.45, 7) is 6.37. The van der Waals surface area contributed by atoms with Crippen molar-refractivity contribution >= 4 is 0 Å². The van der Waals surface area contributed by atoms with Crippen LogP contribution in [0.1, 0.15) is 45.2 Å². The number of hydrogen-bond acceptors (Lipinski definition) is 1. The molecule has 18 heavy (non-hydrogen) atoms. The molecule has 1 N–H and O–H groups in total. The molecule has 0 heterocycles. The molecule has 3 heteroatoms. The highest BCUT2D eigenvalue weighted by atomic mass is 19.2. The third-order valence-corrected chi connectivity index (χ3v) is 4.38. The van der Waals surface area contributed by atoms with E-state index in [9.17, 15) is 8.78 Å². The van der Waals surface area contributed by atoms with Crippen molar-refractivity contribution in [2.45, 2.75) is 45.7 Å². The van der Waals surface area contributed by atoms with Gasteiger partial charge in [0.1, 0.15) is 0 Å². The monoisotopic (exact) mass is 253 g/mol. The van der Waals surface area contributed by atoms with E-state index in [4.69, 9.17) is 0 Å². The molecule has 4 unspecified atom stereocenters. The zero-order valence-electron chi connectivity index (χ0n) is 11.2. The summed E-state index contributed by atoms with van der Waals surface area (Å²) in [5, 5.41) is 3.44. The number of rotatable bonds is 3. The summed E-state index contributed by atoms with van der Waals surface area (Å²) in [7, 11) is 0. The van der Waals surface area contributed by atoms with E-state index in [1.165, 1.54) is 6.42 Å². The summed E-state index contributed by atoms with van der Waals surface area (Å²) in [5.74, 6) is -0.207. The standard InChI is InChI=1S/C15H21F2N/c1-9-7-8-14(10(9)2)18-11(3)12-5-4-6-13(16)15(12)17/h4-6,9-11,14,18H,7-8H2,1-3H3. The van der Waals surface area contributed by atoms with Crippen molar-refractivity contribution in [2.24, 2.45) is 11.8 Å². The van der Waals surface area contributed by atoms with Crippen molar-refractivity contribution in [3.05, 3.63) is 35.4 Å². The first-order chi connectivity index (χ1) is 8.50. The van der Waals surface area contributed by atoms with Gasteiger partial charge in [-0.2, -0.15) is 0 Å². The third kappa shape index (κ3) is 2.56. The Labute approximate surface area is 108 Å². The van der Waals surface area contributed by atoms with Crippen LogP contribution in [0.15, 0.2) is 18.2 Å². The van der Waals surface area contributed by atoms with Gasteiger partial charge in [0.15, 0.2) is 11.6 Å². The number of hydrogen-bond donors (Lipinski definition) is 1. The van der Waals surface area contributed by atoms with Gasteiger partial charge in [0.2, 0.25) is 0 Å². The smallest absolute Gasteiger partial charge is 0.163 e. The van der Waals surface area contributed by atoms with Crippen LogP contribution >= 0.6 is 0 Å². The maximum Gasteiger partial charge on any atom is 0.163 e. The first-order valence-corrected chi connectivity index (χ1v) is 6.70. The van der Waals surface area contributed by atoms with Gasteiger partial charge in [0, 0.05) is 17.6 Å². The number of halogens is 2. The van der Waals surface area contributed by atoms with Crippen LogP contribution in [0.2, 0.25) is 0 Å². The maximum absolute atomic E-state index is 13.7. The van der Waals surface area contributed by atoms with Crippen molar-refractivity contribution in [1.82, 2.24) is 5.32 Å². The van der Waals surface area contributed by atoms with Crippen molar-refractivity contribution < 1.29 is 8.78 Å². The van der Waals surface area contributed by atoms with Crippen molar-refractivity contribution in [3.63, 3.8) is 0 Å². The van der Waals surface area contributed by atoms with Crippen molar-refractivity contribution in [1.29, 1.82) is 0 Å². The zero-order chi connectivity index (χ0) is 13.3. The highest BCUT2D eigenvalue weighted by Gasteiger charge is 2.31. The molecule has 0 amide bonds. The minimum Gasteiger partial charge on any atom is -0.307 e. The predicted octanol–water partition coefficient (Wildman–Crippen LogP) is 4.05. The maximum atomic E-state index is 13.7. The Morgan fingerprint density at radius 3 is 2.56 bits per heavy atom. The third-order valence-electron chi connectivity index (χ3n) is 4.38. The molecular weight excluding hydrogens is 232 g/mol. The van der Waals surface area contributed by atoms with Gasteiger partial charge in [-0.3, -0.25) is 0 Å². The fraction of sp³-hybridized carbons (Fsp3) is 0.600. The fourth-order valence-corrected chi connectivity index (χ4v) is 2.87. The molecule has 1 saturated carbocycles. The van der Waals surface area contributed by atoms with E-state index < -0.39 is 11.6 Å². The second-order valence-electron chi connectivity index (χ2n) is 5.55. The summed E-state index contributed by atoms with van der Waals surface area (Å²) in [6.07, 6.45) is 2.32. The predicted molar refractivity (Wildman–Crippen MR) is 69.3 cm³/mol. The van der Waals surface area contributed by atoms with Crippen LogP contribution < -0.4 is 5.32 Å². The number of benzene rings is 1. The van der Waals surface area contributed by atoms with Gasteiger partial charge in [-0.15, -0.1) is 0 Å². The molecule has 1 fully saturated rings. The van der Waals surface area contributed by atoms with Gasteiger partial charge in [0.05, 0.1) is 0 Å². The van der Waals surface area contributed by atoms with Crippen LogP contribution in [0.5, 0.6) is 0 Å². The minimum atomic E-state index is -0.769. The summed E-state index contributed by atoms with van der Waals surface area (Å²) < 4.78 is 26.9. The molecule has 1 nitrogen and oxygen atoms in total. The number of nitrogens with one attached hydrogen (secondary N) is 1. The Morgan fingerprint density at radius 1 is 1.22 bits per heavy atom. The molecule has 1 aliphatic rings. The average molecular weight is 253 g/mol. The zero-order valence-corrected chi connectivity index (χ0v) is 11.2. The van der Waals surface area contributed by atoms with Crippen LogP contribution in [0.25, 0.3) is 0 Å². The SMILES string of the molecule is CC(NC1CCC(C)C1C)c1cccc(F)c1F. The Morgan fingerprint density at radius 2 is 1.94 bits per heavy atom. The van der Waals surface area contributed by atoms with E-state index in [1.54, 1.807) is 12.1 Å². The van der Waals surface area contributed by atoms with Gasteiger partial charge in [-0.05, 0) is 37.7 Å². The lowest BCUT2D eigenvalue weighted by atomic mass is 9.96. The highest BCUT2D eigenvalue weighted by Crippen LogP contribution is 2.33. The molecule has 0 bridgehead atoms. The topological polar surface area (TPSA) is 12.0 Å². The molecule has 0 spiro atoms. The average Bonchev–Trinajstić information content (AvgIpc) is 2.64. The Hall–Kier alpha value is -0.960. The van der Waals surface area contributed by atoms with Gasteiger partial charge >= 0.3 is 0 Å². The lowest BCUT2D eigenvalue weighted by Gasteiger charge is -2.24. The van der Waals surface area contributed by atoms with E-state index in [1.807, 2.05) is 6.92 Å². The molecule has 0 aromatic heterocycles. The second-order valence-corrected chi connectivity index (χ2v) is 5.55. The second kappa shape index (κ2) is 5.35. The molecule has 100 valence electrons. The summed E-state index contributed by atoms with van der Waals surface area (Å²) >= 11 is 0. The lowest BCUT2D eigenvalue weighted by molar-refractivity contribution is 0.342. The molecule has 0 radical (unpaired) electrons. The largest absolute Gasteiger partial charge is 0.307 e.